The first-order valence-corrected chi connectivity index (χ1v) is 9.77. The molecule has 1 saturated heterocycles. The molecule has 0 bridgehead atoms. The Morgan fingerprint density at radius 2 is 1.77 bits per heavy atom. The number of methoxy groups -OCH3 is 2. The summed E-state index contributed by atoms with van der Waals surface area (Å²) in [5.41, 5.74) is 1.07. The van der Waals surface area contributed by atoms with Crippen LogP contribution in [0.5, 0.6) is 5.75 Å². The summed E-state index contributed by atoms with van der Waals surface area (Å²) in [7, 11) is 3.15. The number of benzene rings is 2. The third-order valence-electron chi connectivity index (χ3n) is 4.91. The molecule has 1 heterocycles. The van der Waals surface area contributed by atoms with Gasteiger partial charge in [0.25, 0.3) is 11.8 Å². The van der Waals surface area contributed by atoms with E-state index in [0.717, 1.165) is 0 Å². The Kier molecular flexibility index (Phi) is 7.78. The van der Waals surface area contributed by atoms with Crippen molar-refractivity contribution in [3.63, 3.8) is 0 Å². The van der Waals surface area contributed by atoms with Crippen molar-refractivity contribution in [2.75, 3.05) is 40.5 Å². The van der Waals surface area contributed by atoms with Gasteiger partial charge in [-0.15, -0.1) is 0 Å². The molecular weight excluding hydrogens is 386 g/mol. The van der Waals surface area contributed by atoms with Crippen LogP contribution < -0.4 is 15.4 Å². The van der Waals surface area contributed by atoms with Crippen molar-refractivity contribution in [2.45, 2.75) is 12.5 Å². The van der Waals surface area contributed by atoms with E-state index in [1.165, 1.54) is 0 Å². The van der Waals surface area contributed by atoms with Crippen molar-refractivity contribution in [2.24, 2.45) is 0 Å². The molecule has 8 heteroatoms. The average molecular weight is 413 g/mol. The van der Waals surface area contributed by atoms with Crippen LogP contribution in [-0.2, 0) is 9.47 Å². The fourth-order valence-electron chi connectivity index (χ4n) is 3.19. The minimum atomic E-state index is -0.422. The lowest BCUT2D eigenvalue weighted by molar-refractivity contribution is -0.171. The molecule has 3 rings (SSSR count). The second kappa shape index (κ2) is 10.7. The molecule has 2 aromatic rings. The molecule has 0 saturated carbocycles. The summed E-state index contributed by atoms with van der Waals surface area (Å²) in [6.45, 7) is 1.80. The summed E-state index contributed by atoms with van der Waals surface area (Å²) >= 11 is 0. The minimum Gasteiger partial charge on any atom is -0.497 e. The van der Waals surface area contributed by atoms with Crippen molar-refractivity contribution >= 4 is 11.8 Å². The van der Waals surface area contributed by atoms with E-state index in [2.05, 4.69) is 10.6 Å². The third kappa shape index (κ3) is 5.79. The van der Waals surface area contributed by atoms with Crippen LogP contribution in [0, 0.1) is 0 Å². The number of rotatable bonds is 8. The number of nitrogens with zero attached hydrogens (tertiary/aromatic N) is 1. The van der Waals surface area contributed by atoms with Gasteiger partial charge in [-0.1, -0.05) is 18.2 Å². The number of carbonyl (C=O) groups excluding carboxylic acids is 2. The molecule has 30 heavy (non-hydrogen) atoms. The van der Waals surface area contributed by atoms with Gasteiger partial charge in [0.1, 0.15) is 11.9 Å². The van der Waals surface area contributed by atoms with E-state index in [4.69, 9.17) is 14.2 Å². The number of amides is 2. The predicted octanol–water partition coefficient (Wildman–Crippen LogP) is 1.49. The Hall–Kier alpha value is -2.94. The van der Waals surface area contributed by atoms with Gasteiger partial charge in [0.2, 0.25) is 0 Å². The number of hydrogen-bond donors (Lipinski definition) is 2. The number of nitrogens with one attached hydrogen (secondary N) is 2. The van der Waals surface area contributed by atoms with E-state index in [1.807, 2.05) is 23.1 Å². The van der Waals surface area contributed by atoms with E-state index in [9.17, 15) is 9.59 Å². The molecule has 2 atom stereocenters. The molecule has 0 radical (unpaired) electrons. The smallest absolute Gasteiger partial charge is 0.252 e. The summed E-state index contributed by atoms with van der Waals surface area (Å²) < 4.78 is 16.0. The van der Waals surface area contributed by atoms with Crippen LogP contribution in [0.1, 0.15) is 20.7 Å². The number of carbonyl (C=O) groups is 2. The zero-order valence-corrected chi connectivity index (χ0v) is 17.2. The van der Waals surface area contributed by atoms with Gasteiger partial charge in [-0.2, -0.15) is 0 Å². The number of ether oxygens (including phenoxy) is 3. The molecular formula is C22H27N3O5. The van der Waals surface area contributed by atoms with E-state index in [-0.39, 0.29) is 24.6 Å². The fourth-order valence-corrected chi connectivity index (χ4v) is 3.19. The van der Waals surface area contributed by atoms with Crippen LogP contribution in [0.3, 0.4) is 0 Å². The number of morpholine rings is 1. The summed E-state index contributed by atoms with van der Waals surface area (Å²) in [6, 6.07) is 15.8. The quantitative estimate of drug-likeness (QED) is 0.682. The van der Waals surface area contributed by atoms with E-state index in [0.29, 0.717) is 36.6 Å². The van der Waals surface area contributed by atoms with Crippen molar-refractivity contribution in [3.8, 4) is 5.75 Å². The Bertz CT molecular complexity index is 828. The standard InChI is InChI=1S/C22H27N3O5/c1-28-18-10-8-17(9-11-18)22(27)24-19(25-12-13-30-20(15-25)29-2)14-23-21(26)16-6-4-3-5-7-16/h3-11,19-20H,12-15H2,1-2H3,(H,23,26)(H,24,27). The van der Waals surface area contributed by atoms with Gasteiger partial charge in [-0.25, -0.2) is 0 Å². The first-order chi connectivity index (χ1) is 14.6. The van der Waals surface area contributed by atoms with Gasteiger partial charge in [0.15, 0.2) is 6.29 Å². The third-order valence-corrected chi connectivity index (χ3v) is 4.91. The van der Waals surface area contributed by atoms with Crippen LogP contribution in [0.2, 0.25) is 0 Å². The molecule has 2 unspecified atom stereocenters. The molecule has 1 fully saturated rings. The Morgan fingerprint density at radius 3 is 2.43 bits per heavy atom. The first-order valence-electron chi connectivity index (χ1n) is 9.77. The fraction of sp³-hybridized carbons (Fsp3) is 0.364. The highest BCUT2D eigenvalue weighted by atomic mass is 16.7. The second-order valence-corrected chi connectivity index (χ2v) is 6.82. The highest BCUT2D eigenvalue weighted by molar-refractivity contribution is 5.95. The molecule has 0 aliphatic carbocycles. The summed E-state index contributed by atoms with van der Waals surface area (Å²) in [6.07, 6.45) is -0.808. The molecule has 0 aromatic heterocycles. The molecule has 2 aromatic carbocycles. The predicted molar refractivity (Wildman–Crippen MR) is 111 cm³/mol. The van der Waals surface area contributed by atoms with E-state index >= 15 is 0 Å². The lowest BCUT2D eigenvalue weighted by Crippen LogP contribution is -2.58. The van der Waals surface area contributed by atoms with Gasteiger partial charge < -0.3 is 24.8 Å². The largest absolute Gasteiger partial charge is 0.497 e. The highest BCUT2D eigenvalue weighted by Gasteiger charge is 2.28. The highest BCUT2D eigenvalue weighted by Crippen LogP contribution is 2.13. The molecule has 8 nitrogen and oxygen atoms in total. The minimum absolute atomic E-state index is 0.198. The van der Waals surface area contributed by atoms with E-state index in [1.54, 1.807) is 50.6 Å². The van der Waals surface area contributed by atoms with Crippen LogP contribution >= 0.6 is 0 Å². The van der Waals surface area contributed by atoms with Crippen molar-refractivity contribution in [1.82, 2.24) is 15.5 Å². The summed E-state index contributed by atoms with van der Waals surface area (Å²) in [4.78, 5) is 27.3. The second-order valence-electron chi connectivity index (χ2n) is 6.82. The zero-order chi connectivity index (χ0) is 21.3. The Morgan fingerprint density at radius 1 is 1.07 bits per heavy atom. The summed E-state index contributed by atoms with van der Waals surface area (Å²) in [5, 5.41) is 5.92. The monoisotopic (exact) mass is 413 g/mol. The lowest BCUT2D eigenvalue weighted by Gasteiger charge is -2.37. The van der Waals surface area contributed by atoms with Gasteiger partial charge in [-0.3, -0.25) is 14.5 Å². The normalized spacial score (nSPS) is 17.7. The van der Waals surface area contributed by atoms with Crippen LogP contribution in [0.15, 0.2) is 54.6 Å². The molecule has 0 spiro atoms. The topological polar surface area (TPSA) is 89.1 Å². The van der Waals surface area contributed by atoms with Crippen LogP contribution in [0.4, 0.5) is 0 Å². The molecule has 1 aliphatic heterocycles. The van der Waals surface area contributed by atoms with Crippen molar-refractivity contribution in [3.05, 3.63) is 65.7 Å². The van der Waals surface area contributed by atoms with Crippen LogP contribution in [0.25, 0.3) is 0 Å². The lowest BCUT2D eigenvalue weighted by atomic mass is 10.2. The summed E-state index contributed by atoms with van der Waals surface area (Å²) in [5.74, 6) is 0.238. The maximum Gasteiger partial charge on any atom is 0.252 e. The molecule has 2 amide bonds. The van der Waals surface area contributed by atoms with Crippen LogP contribution in [-0.4, -0.2) is 69.6 Å². The number of hydrogen-bond acceptors (Lipinski definition) is 6. The molecule has 1 aliphatic rings. The average Bonchev–Trinajstić information content (AvgIpc) is 2.82. The van der Waals surface area contributed by atoms with Crippen molar-refractivity contribution < 1.29 is 23.8 Å². The van der Waals surface area contributed by atoms with Crippen molar-refractivity contribution in [1.29, 1.82) is 0 Å². The maximum atomic E-state index is 12.8. The molecule has 2 N–H and O–H groups in total. The van der Waals surface area contributed by atoms with Gasteiger partial charge >= 0.3 is 0 Å². The maximum absolute atomic E-state index is 12.8. The van der Waals surface area contributed by atoms with Gasteiger partial charge in [0, 0.05) is 24.8 Å². The Balaban J connectivity index is 1.69. The molecule has 160 valence electrons. The van der Waals surface area contributed by atoms with Gasteiger partial charge in [-0.05, 0) is 36.4 Å². The van der Waals surface area contributed by atoms with E-state index < -0.39 is 6.17 Å². The van der Waals surface area contributed by atoms with Gasteiger partial charge in [0.05, 0.1) is 26.8 Å². The first kappa shape index (κ1) is 21.8. The zero-order valence-electron chi connectivity index (χ0n) is 17.2. The SMILES string of the molecule is COc1ccc(C(=O)NC(CNC(=O)c2ccccc2)N2CCOC(OC)C2)cc1. The Labute approximate surface area is 176 Å².